The van der Waals surface area contributed by atoms with E-state index in [9.17, 15) is 8.78 Å². The summed E-state index contributed by atoms with van der Waals surface area (Å²) >= 11 is 0. The largest absolute Gasteiger partial charge is 0.398 e. The second-order valence-electron chi connectivity index (χ2n) is 2.72. The summed E-state index contributed by atoms with van der Waals surface area (Å²) in [5, 5.41) is 8.90. The van der Waals surface area contributed by atoms with Crippen LogP contribution in [0.5, 0.6) is 0 Å². The lowest BCUT2D eigenvalue weighted by Crippen LogP contribution is -2.10. The predicted molar refractivity (Wildman–Crippen MR) is 47.4 cm³/mol. The molecular weight excluding hydrogens is 192 g/mol. The number of hydrogen-bond donors (Lipinski definition) is 3. The van der Waals surface area contributed by atoms with E-state index < -0.39 is 12.1 Å². The van der Waals surface area contributed by atoms with Crippen molar-refractivity contribution < 1.29 is 13.9 Å². The number of nitrogens with zero attached hydrogens (tertiary/aromatic N) is 1. The lowest BCUT2D eigenvalue weighted by Gasteiger charge is -2.10. The maximum absolute atomic E-state index is 12.3. The van der Waals surface area contributed by atoms with Crippen LogP contribution in [0.2, 0.25) is 0 Å². The van der Waals surface area contributed by atoms with E-state index in [1.807, 2.05) is 0 Å². The standard InChI is InChI=1S/C8H11F2N3O/c9-8(10)6-1-5(12)4(3-14)7(2-11)13-6/h1,8,14H,2-3,11H2,(H2,12,13). The van der Waals surface area contributed by atoms with Crippen molar-refractivity contribution in [2.24, 2.45) is 5.73 Å². The van der Waals surface area contributed by atoms with Gasteiger partial charge in [0.05, 0.1) is 12.3 Å². The third-order valence-corrected chi connectivity index (χ3v) is 1.84. The summed E-state index contributed by atoms with van der Waals surface area (Å²) in [6.45, 7) is -0.379. The highest BCUT2D eigenvalue weighted by molar-refractivity contribution is 5.49. The number of alkyl halides is 2. The Morgan fingerprint density at radius 1 is 1.50 bits per heavy atom. The highest BCUT2D eigenvalue weighted by Crippen LogP contribution is 2.23. The van der Waals surface area contributed by atoms with Crippen LogP contribution in [0.4, 0.5) is 14.5 Å². The number of aliphatic hydroxyl groups is 1. The van der Waals surface area contributed by atoms with Crippen molar-refractivity contribution in [2.45, 2.75) is 19.6 Å². The zero-order chi connectivity index (χ0) is 10.7. The molecule has 0 saturated heterocycles. The van der Waals surface area contributed by atoms with Crippen LogP contribution in [-0.4, -0.2) is 10.1 Å². The third-order valence-electron chi connectivity index (χ3n) is 1.84. The van der Waals surface area contributed by atoms with Gasteiger partial charge >= 0.3 is 0 Å². The number of nitrogen functional groups attached to an aromatic ring is 1. The van der Waals surface area contributed by atoms with Crippen LogP contribution in [0, 0.1) is 0 Å². The second-order valence-corrected chi connectivity index (χ2v) is 2.72. The Labute approximate surface area is 79.6 Å². The van der Waals surface area contributed by atoms with Gasteiger partial charge in [0.15, 0.2) is 0 Å². The molecule has 14 heavy (non-hydrogen) atoms. The van der Waals surface area contributed by atoms with Crippen molar-refractivity contribution in [2.75, 3.05) is 5.73 Å². The molecule has 0 amide bonds. The zero-order valence-corrected chi connectivity index (χ0v) is 7.37. The third kappa shape index (κ3) is 1.97. The summed E-state index contributed by atoms with van der Waals surface area (Å²) in [4.78, 5) is 3.61. The van der Waals surface area contributed by atoms with Crippen molar-refractivity contribution in [3.63, 3.8) is 0 Å². The molecule has 0 spiro atoms. The first-order chi connectivity index (χ1) is 6.60. The molecule has 0 aromatic carbocycles. The number of anilines is 1. The molecule has 5 N–H and O–H groups in total. The van der Waals surface area contributed by atoms with Crippen LogP contribution in [-0.2, 0) is 13.2 Å². The maximum Gasteiger partial charge on any atom is 0.280 e. The predicted octanol–water partition coefficient (Wildman–Crippen LogP) is 0.552. The van der Waals surface area contributed by atoms with Gasteiger partial charge in [0, 0.05) is 17.8 Å². The number of halogens is 2. The molecule has 0 radical (unpaired) electrons. The average molecular weight is 203 g/mol. The molecule has 0 bridgehead atoms. The van der Waals surface area contributed by atoms with Gasteiger partial charge in [-0.15, -0.1) is 0 Å². The molecular formula is C8H11F2N3O. The molecule has 0 atom stereocenters. The summed E-state index contributed by atoms with van der Waals surface area (Å²) in [6, 6.07) is 1.05. The van der Waals surface area contributed by atoms with Gasteiger partial charge in [0.1, 0.15) is 5.69 Å². The Balaban J connectivity index is 3.24. The van der Waals surface area contributed by atoms with Gasteiger partial charge in [-0.2, -0.15) is 0 Å². The molecule has 4 nitrogen and oxygen atoms in total. The molecule has 0 aliphatic rings. The first-order valence-electron chi connectivity index (χ1n) is 3.97. The van der Waals surface area contributed by atoms with Crippen molar-refractivity contribution in [3.8, 4) is 0 Å². The van der Waals surface area contributed by atoms with Crippen LogP contribution in [0.15, 0.2) is 6.07 Å². The van der Waals surface area contributed by atoms with E-state index in [4.69, 9.17) is 16.6 Å². The SMILES string of the molecule is NCc1nc(C(F)F)cc(N)c1CO. The topological polar surface area (TPSA) is 85.2 Å². The first-order valence-corrected chi connectivity index (χ1v) is 3.97. The fourth-order valence-electron chi connectivity index (χ4n) is 1.13. The van der Waals surface area contributed by atoms with Crippen LogP contribution < -0.4 is 11.5 Å². The summed E-state index contributed by atoms with van der Waals surface area (Å²) < 4.78 is 24.6. The maximum atomic E-state index is 12.3. The van der Waals surface area contributed by atoms with E-state index in [1.165, 1.54) is 0 Å². The summed E-state index contributed by atoms with van der Waals surface area (Å²) in [6.07, 6.45) is -2.68. The smallest absolute Gasteiger partial charge is 0.280 e. The van der Waals surface area contributed by atoms with Crippen LogP contribution >= 0.6 is 0 Å². The molecule has 1 aromatic heterocycles. The molecule has 0 fully saturated rings. The monoisotopic (exact) mass is 203 g/mol. The minimum atomic E-state index is -2.68. The van der Waals surface area contributed by atoms with Crippen molar-refractivity contribution in [1.82, 2.24) is 4.98 Å². The van der Waals surface area contributed by atoms with E-state index in [0.717, 1.165) is 6.07 Å². The molecule has 0 aliphatic carbocycles. The normalized spacial score (nSPS) is 10.9. The Bertz CT molecular complexity index is 331. The van der Waals surface area contributed by atoms with E-state index >= 15 is 0 Å². The molecule has 1 heterocycles. The molecule has 0 saturated carbocycles. The van der Waals surface area contributed by atoms with Gasteiger partial charge < -0.3 is 16.6 Å². The summed E-state index contributed by atoms with van der Waals surface area (Å²) in [5.74, 6) is 0. The highest BCUT2D eigenvalue weighted by Gasteiger charge is 2.14. The molecule has 0 aliphatic heterocycles. The molecule has 1 aromatic rings. The lowest BCUT2D eigenvalue weighted by atomic mass is 10.1. The molecule has 0 unspecified atom stereocenters. The van der Waals surface area contributed by atoms with E-state index in [0.29, 0.717) is 5.56 Å². The van der Waals surface area contributed by atoms with Crippen LogP contribution in [0.25, 0.3) is 0 Å². The highest BCUT2D eigenvalue weighted by atomic mass is 19.3. The minimum absolute atomic E-state index is 0.0271. The van der Waals surface area contributed by atoms with Gasteiger partial charge in [-0.3, -0.25) is 0 Å². The Hall–Kier alpha value is -1.27. The van der Waals surface area contributed by atoms with Gasteiger partial charge in [0.25, 0.3) is 6.43 Å². The number of pyridine rings is 1. The Kier molecular flexibility index (Phi) is 3.32. The first kappa shape index (κ1) is 10.8. The minimum Gasteiger partial charge on any atom is -0.398 e. The molecule has 1 rings (SSSR count). The Morgan fingerprint density at radius 3 is 2.57 bits per heavy atom. The fourth-order valence-corrected chi connectivity index (χ4v) is 1.13. The average Bonchev–Trinajstić information content (AvgIpc) is 2.16. The van der Waals surface area contributed by atoms with Gasteiger partial charge in [-0.05, 0) is 6.07 Å². The number of rotatable bonds is 3. The number of aromatic nitrogens is 1. The lowest BCUT2D eigenvalue weighted by molar-refractivity contribution is 0.145. The van der Waals surface area contributed by atoms with Gasteiger partial charge in [-0.25, -0.2) is 13.8 Å². The van der Waals surface area contributed by atoms with Gasteiger partial charge in [-0.1, -0.05) is 0 Å². The van der Waals surface area contributed by atoms with Crippen LogP contribution in [0.3, 0.4) is 0 Å². The summed E-state index contributed by atoms with van der Waals surface area (Å²) in [7, 11) is 0. The molecule has 6 heteroatoms. The van der Waals surface area contributed by atoms with E-state index in [-0.39, 0.29) is 24.5 Å². The molecule has 78 valence electrons. The van der Waals surface area contributed by atoms with Crippen molar-refractivity contribution in [1.29, 1.82) is 0 Å². The Morgan fingerprint density at radius 2 is 2.14 bits per heavy atom. The van der Waals surface area contributed by atoms with E-state index in [2.05, 4.69) is 4.98 Å². The summed E-state index contributed by atoms with van der Waals surface area (Å²) in [5.41, 5.74) is 11.0. The van der Waals surface area contributed by atoms with E-state index in [1.54, 1.807) is 0 Å². The zero-order valence-electron chi connectivity index (χ0n) is 7.37. The van der Waals surface area contributed by atoms with Crippen LogP contribution in [0.1, 0.15) is 23.4 Å². The fraction of sp³-hybridized carbons (Fsp3) is 0.375. The quantitative estimate of drug-likeness (QED) is 0.669. The number of hydrogen-bond acceptors (Lipinski definition) is 4. The number of aliphatic hydroxyl groups excluding tert-OH is 1. The van der Waals surface area contributed by atoms with Crippen molar-refractivity contribution in [3.05, 3.63) is 23.0 Å². The van der Waals surface area contributed by atoms with Crippen molar-refractivity contribution >= 4 is 5.69 Å². The second kappa shape index (κ2) is 4.30. The van der Waals surface area contributed by atoms with Gasteiger partial charge in [0.2, 0.25) is 0 Å². The number of nitrogens with two attached hydrogens (primary N) is 2.